The highest BCUT2D eigenvalue weighted by molar-refractivity contribution is 5.71. The average molecular weight is 276 g/mol. The molecule has 1 spiro atoms. The van der Waals surface area contributed by atoms with Crippen LogP contribution in [0.15, 0.2) is 24.3 Å². The number of carbonyl (C=O) groups is 1. The third-order valence-electron chi connectivity index (χ3n) is 4.17. The molecule has 3 rings (SSSR count). The van der Waals surface area contributed by atoms with Gasteiger partial charge in [0.25, 0.3) is 0 Å². The van der Waals surface area contributed by atoms with Gasteiger partial charge < -0.3 is 15.2 Å². The lowest BCUT2D eigenvalue weighted by atomic mass is 9.89. The van der Waals surface area contributed by atoms with Gasteiger partial charge in [-0.15, -0.1) is 0 Å². The number of piperidine rings is 1. The molecule has 5 heteroatoms. The van der Waals surface area contributed by atoms with Gasteiger partial charge in [-0.2, -0.15) is 0 Å². The van der Waals surface area contributed by atoms with Crippen LogP contribution in [0, 0.1) is 6.92 Å². The molecule has 2 atom stereocenters. The molecule has 2 saturated heterocycles. The number of carbonyl (C=O) groups excluding carboxylic acids is 1. The molecule has 1 aromatic carbocycles. The number of nitrogens with one attached hydrogen (secondary N) is 1. The number of rotatable bonds is 2. The molecule has 0 radical (unpaired) electrons. The Morgan fingerprint density at radius 2 is 2.20 bits per heavy atom. The zero-order chi connectivity index (χ0) is 14.2. The van der Waals surface area contributed by atoms with Gasteiger partial charge in [-0.3, -0.25) is 4.90 Å². The quantitative estimate of drug-likeness (QED) is 0.847. The lowest BCUT2D eigenvalue weighted by Crippen LogP contribution is -2.56. The van der Waals surface area contributed by atoms with Crippen LogP contribution in [0.1, 0.15) is 17.5 Å². The Labute approximate surface area is 118 Å². The largest absolute Gasteiger partial charge is 0.438 e. The fourth-order valence-corrected chi connectivity index (χ4v) is 2.89. The molecule has 1 aromatic rings. The highest BCUT2D eigenvalue weighted by Gasteiger charge is 2.51. The van der Waals surface area contributed by atoms with Crippen molar-refractivity contribution in [3.8, 4) is 0 Å². The Kier molecular flexibility index (Phi) is 3.40. The van der Waals surface area contributed by atoms with Gasteiger partial charge in [-0.25, -0.2) is 4.79 Å². The number of ether oxygens (including phenoxy) is 1. The molecule has 0 saturated carbocycles. The normalized spacial score (nSPS) is 29.8. The van der Waals surface area contributed by atoms with Crippen LogP contribution in [-0.2, 0) is 11.3 Å². The molecule has 2 N–H and O–H groups in total. The molecule has 1 amide bonds. The molecule has 20 heavy (non-hydrogen) atoms. The Bertz CT molecular complexity index is 502. The summed E-state index contributed by atoms with van der Waals surface area (Å²) in [6.07, 6.45) is -0.306. The first kappa shape index (κ1) is 13.4. The van der Waals surface area contributed by atoms with E-state index in [1.807, 2.05) is 31.2 Å². The summed E-state index contributed by atoms with van der Waals surface area (Å²) in [6.45, 7) is 4.27. The van der Waals surface area contributed by atoms with Gasteiger partial charge >= 0.3 is 6.09 Å². The van der Waals surface area contributed by atoms with Crippen LogP contribution in [0.25, 0.3) is 0 Å². The number of benzene rings is 1. The van der Waals surface area contributed by atoms with Crippen LogP contribution in [0.2, 0.25) is 0 Å². The Morgan fingerprint density at radius 1 is 1.45 bits per heavy atom. The van der Waals surface area contributed by atoms with Gasteiger partial charge in [0, 0.05) is 19.5 Å². The smallest absolute Gasteiger partial charge is 0.410 e. The molecule has 0 bridgehead atoms. The second kappa shape index (κ2) is 5.07. The van der Waals surface area contributed by atoms with E-state index in [0.717, 1.165) is 12.1 Å². The van der Waals surface area contributed by atoms with Gasteiger partial charge in [0.15, 0.2) is 5.60 Å². The second-order valence-electron chi connectivity index (χ2n) is 5.74. The van der Waals surface area contributed by atoms with Crippen molar-refractivity contribution in [2.45, 2.75) is 31.6 Å². The summed E-state index contributed by atoms with van der Waals surface area (Å²) in [5.74, 6) is 0. The van der Waals surface area contributed by atoms with E-state index in [0.29, 0.717) is 26.1 Å². The average Bonchev–Trinajstić information content (AvgIpc) is 2.74. The van der Waals surface area contributed by atoms with Crippen LogP contribution in [-0.4, -0.2) is 47.4 Å². The fourth-order valence-electron chi connectivity index (χ4n) is 2.89. The minimum atomic E-state index is -0.729. The van der Waals surface area contributed by atoms with Gasteiger partial charge in [0.1, 0.15) is 6.10 Å². The van der Waals surface area contributed by atoms with E-state index in [2.05, 4.69) is 5.32 Å². The molecule has 2 aliphatic rings. The van der Waals surface area contributed by atoms with Crippen LogP contribution in [0.4, 0.5) is 4.79 Å². The number of nitrogens with zero attached hydrogens (tertiary/aromatic N) is 1. The molecule has 0 aromatic heterocycles. The molecule has 2 aliphatic heterocycles. The first-order chi connectivity index (χ1) is 9.59. The summed E-state index contributed by atoms with van der Waals surface area (Å²) in [6, 6.07) is 8.11. The Balaban J connectivity index is 1.72. The van der Waals surface area contributed by atoms with Gasteiger partial charge in [0.2, 0.25) is 0 Å². The first-order valence-corrected chi connectivity index (χ1v) is 7.01. The number of aliphatic hydroxyl groups is 1. The first-order valence-electron chi connectivity index (χ1n) is 7.01. The molecule has 0 aliphatic carbocycles. The molecule has 2 fully saturated rings. The SMILES string of the molecule is Cc1ccc(CN2C[C@]3(CCNC[C@@H]3O)OC2=O)cc1. The van der Waals surface area contributed by atoms with Gasteiger partial charge in [-0.05, 0) is 19.0 Å². The Hall–Kier alpha value is -1.59. The molecular formula is C15H20N2O3. The minimum Gasteiger partial charge on any atom is -0.438 e. The number of β-amino-alcohol motifs (C(OH)–C–C–N with tert-alkyl or cyclic N) is 1. The lowest BCUT2D eigenvalue weighted by molar-refractivity contribution is -0.0693. The van der Waals surface area contributed by atoms with E-state index in [1.54, 1.807) is 4.90 Å². The van der Waals surface area contributed by atoms with Gasteiger partial charge in [0.05, 0.1) is 6.54 Å². The molecule has 108 valence electrons. The van der Waals surface area contributed by atoms with Crippen LogP contribution in [0.3, 0.4) is 0 Å². The molecule has 0 unspecified atom stereocenters. The summed E-state index contributed by atoms with van der Waals surface area (Å²) in [5.41, 5.74) is 1.54. The number of amides is 1. The van der Waals surface area contributed by atoms with Crippen LogP contribution in [0.5, 0.6) is 0 Å². The monoisotopic (exact) mass is 276 g/mol. The fraction of sp³-hybridized carbons (Fsp3) is 0.533. The maximum Gasteiger partial charge on any atom is 0.410 e. The molecule has 2 heterocycles. The van der Waals surface area contributed by atoms with Crippen molar-refractivity contribution < 1.29 is 14.6 Å². The van der Waals surface area contributed by atoms with Crippen molar-refractivity contribution in [1.29, 1.82) is 0 Å². The third kappa shape index (κ3) is 2.39. The van der Waals surface area contributed by atoms with Crippen LogP contribution < -0.4 is 5.32 Å². The van der Waals surface area contributed by atoms with Crippen molar-refractivity contribution in [1.82, 2.24) is 10.2 Å². The summed E-state index contributed by atoms with van der Waals surface area (Å²) in [4.78, 5) is 13.7. The van der Waals surface area contributed by atoms with E-state index < -0.39 is 11.7 Å². The highest BCUT2D eigenvalue weighted by Crippen LogP contribution is 2.32. The predicted molar refractivity (Wildman–Crippen MR) is 74.3 cm³/mol. The van der Waals surface area contributed by atoms with Crippen molar-refractivity contribution in [3.05, 3.63) is 35.4 Å². The molecular weight excluding hydrogens is 256 g/mol. The maximum absolute atomic E-state index is 12.0. The van der Waals surface area contributed by atoms with E-state index in [1.165, 1.54) is 5.56 Å². The lowest BCUT2D eigenvalue weighted by Gasteiger charge is -2.36. The van der Waals surface area contributed by atoms with Crippen molar-refractivity contribution >= 4 is 6.09 Å². The standard InChI is InChI=1S/C15H20N2O3/c1-11-2-4-12(5-3-11)9-17-10-15(20-14(17)19)6-7-16-8-13(15)18/h2-5,13,16,18H,6-10H2,1H3/t13-,15-/m0/s1. The van der Waals surface area contributed by atoms with E-state index in [-0.39, 0.29) is 6.09 Å². The summed E-state index contributed by atoms with van der Waals surface area (Å²) < 4.78 is 5.51. The van der Waals surface area contributed by atoms with E-state index >= 15 is 0 Å². The van der Waals surface area contributed by atoms with E-state index in [4.69, 9.17) is 4.74 Å². The number of aliphatic hydroxyl groups excluding tert-OH is 1. The highest BCUT2D eigenvalue weighted by atomic mass is 16.6. The summed E-state index contributed by atoms with van der Waals surface area (Å²) in [7, 11) is 0. The minimum absolute atomic E-state index is 0.327. The summed E-state index contributed by atoms with van der Waals surface area (Å²) in [5, 5.41) is 13.2. The van der Waals surface area contributed by atoms with Crippen molar-refractivity contribution in [3.63, 3.8) is 0 Å². The number of hydrogen-bond donors (Lipinski definition) is 2. The van der Waals surface area contributed by atoms with Gasteiger partial charge in [-0.1, -0.05) is 29.8 Å². The Morgan fingerprint density at radius 3 is 2.90 bits per heavy atom. The zero-order valence-electron chi connectivity index (χ0n) is 11.6. The summed E-state index contributed by atoms with van der Waals surface area (Å²) >= 11 is 0. The zero-order valence-corrected chi connectivity index (χ0v) is 11.6. The molecule has 5 nitrogen and oxygen atoms in total. The topological polar surface area (TPSA) is 61.8 Å². The third-order valence-corrected chi connectivity index (χ3v) is 4.17. The van der Waals surface area contributed by atoms with Crippen molar-refractivity contribution in [2.24, 2.45) is 0 Å². The second-order valence-corrected chi connectivity index (χ2v) is 5.74. The maximum atomic E-state index is 12.0. The predicted octanol–water partition coefficient (Wildman–Crippen LogP) is 1.04. The number of hydrogen-bond acceptors (Lipinski definition) is 4. The van der Waals surface area contributed by atoms with Crippen molar-refractivity contribution in [2.75, 3.05) is 19.6 Å². The van der Waals surface area contributed by atoms with E-state index in [9.17, 15) is 9.90 Å². The number of aryl methyl sites for hydroxylation is 1. The van der Waals surface area contributed by atoms with Crippen LogP contribution >= 0.6 is 0 Å².